The summed E-state index contributed by atoms with van der Waals surface area (Å²) >= 11 is 0. The van der Waals surface area contributed by atoms with Gasteiger partial charge in [0.05, 0.1) is 0 Å². The Morgan fingerprint density at radius 1 is 0.870 bits per heavy atom. The summed E-state index contributed by atoms with van der Waals surface area (Å²) in [7, 11) is 0. The highest BCUT2D eigenvalue weighted by atomic mass is 16.5. The minimum atomic E-state index is -0.105. The standard InChI is InChI=1S/C21H34O2/c1-3-4-5-6-7-8-9-10-11-12-13-17-21(22)23-20-16-14-15-19(2)18-20/h14-16,18H,3-13,17H2,1-2H3. The number of rotatable bonds is 13. The van der Waals surface area contributed by atoms with E-state index in [0.29, 0.717) is 12.2 Å². The van der Waals surface area contributed by atoms with Crippen LogP contribution in [0, 0.1) is 6.92 Å². The molecule has 130 valence electrons. The number of aryl methyl sites for hydroxylation is 1. The smallest absolute Gasteiger partial charge is 0.311 e. The van der Waals surface area contributed by atoms with E-state index in [0.717, 1.165) is 18.4 Å². The summed E-state index contributed by atoms with van der Waals surface area (Å²) in [5, 5.41) is 0. The van der Waals surface area contributed by atoms with Crippen molar-refractivity contribution in [1.82, 2.24) is 0 Å². The normalized spacial score (nSPS) is 10.7. The van der Waals surface area contributed by atoms with E-state index in [1.165, 1.54) is 57.8 Å². The Morgan fingerprint density at radius 3 is 2.00 bits per heavy atom. The highest BCUT2D eigenvalue weighted by molar-refractivity contribution is 5.72. The van der Waals surface area contributed by atoms with E-state index in [-0.39, 0.29) is 5.97 Å². The number of benzene rings is 1. The van der Waals surface area contributed by atoms with Crippen LogP contribution in [0.4, 0.5) is 0 Å². The van der Waals surface area contributed by atoms with Gasteiger partial charge in [-0.15, -0.1) is 0 Å². The van der Waals surface area contributed by atoms with Crippen molar-refractivity contribution in [3.05, 3.63) is 29.8 Å². The average Bonchev–Trinajstić information content (AvgIpc) is 2.52. The Kier molecular flexibility index (Phi) is 11.3. The predicted octanol–water partition coefficient (Wildman–Crippen LogP) is 6.60. The van der Waals surface area contributed by atoms with Crippen LogP contribution >= 0.6 is 0 Å². The summed E-state index contributed by atoms with van der Waals surface area (Å²) in [6.07, 6.45) is 14.8. The molecular weight excluding hydrogens is 284 g/mol. The van der Waals surface area contributed by atoms with Gasteiger partial charge in [-0.25, -0.2) is 0 Å². The minimum absolute atomic E-state index is 0.105. The average molecular weight is 319 g/mol. The molecule has 1 aromatic rings. The van der Waals surface area contributed by atoms with Crippen LogP contribution < -0.4 is 4.74 Å². The van der Waals surface area contributed by atoms with E-state index in [9.17, 15) is 4.79 Å². The molecule has 0 amide bonds. The maximum atomic E-state index is 11.8. The Balaban J connectivity index is 1.91. The van der Waals surface area contributed by atoms with Crippen molar-refractivity contribution in [2.75, 3.05) is 0 Å². The van der Waals surface area contributed by atoms with Gasteiger partial charge >= 0.3 is 5.97 Å². The fraction of sp³-hybridized carbons (Fsp3) is 0.667. The molecule has 0 aliphatic heterocycles. The Labute approximate surface area is 142 Å². The van der Waals surface area contributed by atoms with Crippen LogP contribution in [0.2, 0.25) is 0 Å². The van der Waals surface area contributed by atoms with Crippen molar-refractivity contribution >= 4 is 5.97 Å². The third-order valence-corrected chi connectivity index (χ3v) is 4.21. The second kappa shape index (κ2) is 13.2. The molecule has 0 N–H and O–H groups in total. The first-order valence-electron chi connectivity index (χ1n) is 9.49. The SMILES string of the molecule is CCCCCCCCCCCCCC(=O)Oc1cccc(C)c1. The summed E-state index contributed by atoms with van der Waals surface area (Å²) in [4.78, 5) is 11.8. The minimum Gasteiger partial charge on any atom is -0.427 e. The van der Waals surface area contributed by atoms with Gasteiger partial charge in [0.2, 0.25) is 0 Å². The number of carbonyl (C=O) groups is 1. The van der Waals surface area contributed by atoms with Gasteiger partial charge in [-0.3, -0.25) is 4.79 Å². The molecule has 0 saturated carbocycles. The van der Waals surface area contributed by atoms with Gasteiger partial charge in [0.1, 0.15) is 5.75 Å². The van der Waals surface area contributed by atoms with Crippen molar-refractivity contribution < 1.29 is 9.53 Å². The maximum absolute atomic E-state index is 11.8. The molecule has 2 heteroatoms. The summed E-state index contributed by atoms with van der Waals surface area (Å²) in [6.45, 7) is 4.26. The highest BCUT2D eigenvalue weighted by Crippen LogP contribution is 2.15. The van der Waals surface area contributed by atoms with Crippen LogP contribution in [0.25, 0.3) is 0 Å². The summed E-state index contributed by atoms with van der Waals surface area (Å²) in [6, 6.07) is 7.66. The molecule has 0 heterocycles. The lowest BCUT2D eigenvalue weighted by molar-refractivity contribution is -0.134. The van der Waals surface area contributed by atoms with E-state index in [4.69, 9.17) is 4.74 Å². The molecule has 0 aliphatic carbocycles. The van der Waals surface area contributed by atoms with Crippen LogP contribution in [0.3, 0.4) is 0 Å². The largest absolute Gasteiger partial charge is 0.427 e. The Bertz CT molecular complexity index is 426. The van der Waals surface area contributed by atoms with Gasteiger partial charge in [0.15, 0.2) is 0 Å². The lowest BCUT2D eigenvalue weighted by Crippen LogP contribution is -2.07. The monoisotopic (exact) mass is 318 g/mol. The lowest BCUT2D eigenvalue weighted by Gasteiger charge is -2.05. The third-order valence-electron chi connectivity index (χ3n) is 4.21. The molecule has 0 atom stereocenters. The van der Waals surface area contributed by atoms with Crippen LogP contribution in [-0.4, -0.2) is 5.97 Å². The van der Waals surface area contributed by atoms with E-state index >= 15 is 0 Å². The first kappa shape index (κ1) is 19.7. The van der Waals surface area contributed by atoms with E-state index in [1.54, 1.807) is 0 Å². The molecule has 0 aliphatic rings. The second-order valence-corrected chi connectivity index (χ2v) is 6.58. The fourth-order valence-corrected chi connectivity index (χ4v) is 2.79. The van der Waals surface area contributed by atoms with Crippen LogP contribution in [0.5, 0.6) is 5.75 Å². The number of ether oxygens (including phenoxy) is 1. The number of hydrogen-bond donors (Lipinski definition) is 0. The fourth-order valence-electron chi connectivity index (χ4n) is 2.79. The third kappa shape index (κ3) is 11.0. The molecule has 1 rings (SSSR count). The molecule has 2 nitrogen and oxygen atoms in total. The molecule has 0 unspecified atom stereocenters. The van der Waals surface area contributed by atoms with Gasteiger partial charge in [0, 0.05) is 6.42 Å². The topological polar surface area (TPSA) is 26.3 Å². The van der Waals surface area contributed by atoms with Gasteiger partial charge < -0.3 is 4.74 Å². The molecule has 0 spiro atoms. The van der Waals surface area contributed by atoms with E-state index in [2.05, 4.69) is 6.92 Å². The second-order valence-electron chi connectivity index (χ2n) is 6.58. The molecule has 0 radical (unpaired) electrons. The predicted molar refractivity (Wildman–Crippen MR) is 97.9 cm³/mol. The van der Waals surface area contributed by atoms with Crippen molar-refractivity contribution in [3.8, 4) is 5.75 Å². The first-order chi connectivity index (χ1) is 11.2. The molecule has 0 fully saturated rings. The van der Waals surface area contributed by atoms with Crippen molar-refractivity contribution in [2.24, 2.45) is 0 Å². The highest BCUT2D eigenvalue weighted by Gasteiger charge is 2.04. The summed E-state index contributed by atoms with van der Waals surface area (Å²) < 4.78 is 5.35. The first-order valence-corrected chi connectivity index (χ1v) is 9.49. The van der Waals surface area contributed by atoms with Crippen LogP contribution in [-0.2, 0) is 4.79 Å². The van der Waals surface area contributed by atoms with Gasteiger partial charge in [-0.1, -0.05) is 83.3 Å². The zero-order valence-electron chi connectivity index (χ0n) is 15.1. The quantitative estimate of drug-likeness (QED) is 0.232. The summed E-state index contributed by atoms with van der Waals surface area (Å²) in [5.41, 5.74) is 1.12. The zero-order valence-corrected chi connectivity index (χ0v) is 15.1. The van der Waals surface area contributed by atoms with Crippen molar-refractivity contribution in [1.29, 1.82) is 0 Å². The van der Waals surface area contributed by atoms with Crippen molar-refractivity contribution in [2.45, 2.75) is 90.9 Å². The van der Waals surface area contributed by atoms with Gasteiger partial charge in [0.25, 0.3) is 0 Å². The molecule has 23 heavy (non-hydrogen) atoms. The molecule has 0 saturated heterocycles. The van der Waals surface area contributed by atoms with E-state index in [1.807, 2.05) is 31.2 Å². The number of hydrogen-bond acceptors (Lipinski definition) is 2. The maximum Gasteiger partial charge on any atom is 0.311 e. The van der Waals surface area contributed by atoms with Gasteiger partial charge in [-0.05, 0) is 31.0 Å². The van der Waals surface area contributed by atoms with Crippen LogP contribution in [0.15, 0.2) is 24.3 Å². The Hall–Kier alpha value is -1.31. The van der Waals surface area contributed by atoms with Crippen molar-refractivity contribution in [3.63, 3.8) is 0 Å². The Morgan fingerprint density at radius 2 is 1.43 bits per heavy atom. The number of esters is 1. The zero-order chi connectivity index (χ0) is 16.8. The molecule has 0 bridgehead atoms. The molecular formula is C21H34O2. The molecule has 1 aromatic carbocycles. The van der Waals surface area contributed by atoms with Gasteiger partial charge in [-0.2, -0.15) is 0 Å². The van der Waals surface area contributed by atoms with Crippen LogP contribution in [0.1, 0.15) is 89.5 Å². The number of carbonyl (C=O) groups excluding carboxylic acids is 1. The molecule has 0 aromatic heterocycles. The number of unbranched alkanes of at least 4 members (excludes halogenated alkanes) is 10. The summed E-state index contributed by atoms with van der Waals surface area (Å²) in [5.74, 6) is 0.560. The lowest BCUT2D eigenvalue weighted by atomic mass is 10.1. The van der Waals surface area contributed by atoms with E-state index < -0.39 is 0 Å².